The fourth-order valence-electron chi connectivity index (χ4n) is 3.43. The number of nitrogens with one attached hydrogen (secondary N) is 1. The molecule has 4 rings (SSSR count). The molecule has 0 saturated heterocycles. The number of hydrogen-bond donors (Lipinski definition) is 1. The van der Waals surface area contributed by atoms with Crippen LogP contribution in [0.5, 0.6) is 0 Å². The molecular formula is C15H19N3O. The molecule has 2 aromatic heterocycles. The lowest BCUT2D eigenvalue weighted by molar-refractivity contribution is 0.499. The molecule has 2 aliphatic rings. The molecule has 0 bridgehead atoms. The molecule has 0 aromatic carbocycles. The molecule has 1 saturated carbocycles. The van der Waals surface area contributed by atoms with Crippen LogP contribution < -0.4 is 5.56 Å². The van der Waals surface area contributed by atoms with Crippen molar-refractivity contribution in [2.75, 3.05) is 0 Å². The summed E-state index contributed by atoms with van der Waals surface area (Å²) < 4.78 is 1.85. The number of H-pyrrole nitrogens is 1. The Kier molecular flexibility index (Phi) is 2.20. The van der Waals surface area contributed by atoms with Crippen LogP contribution in [0.3, 0.4) is 0 Å². The van der Waals surface area contributed by atoms with Gasteiger partial charge in [-0.1, -0.05) is 6.92 Å². The Morgan fingerprint density at radius 3 is 2.79 bits per heavy atom. The molecule has 0 aliphatic heterocycles. The Morgan fingerprint density at radius 1 is 1.26 bits per heavy atom. The second kappa shape index (κ2) is 3.71. The average Bonchev–Trinajstić information content (AvgIpc) is 3.17. The molecule has 2 heterocycles. The van der Waals surface area contributed by atoms with Crippen LogP contribution in [-0.2, 0) is 19.9 Å². The molecule has 1 N–H and O–H groups in total. The molecule has 1 atom stereocenters. The van der Waals surface area contributed by atoms with E-state index in [1.165, 1.54) is 35.9 Å². The molecule has 0 amide bonds. The zero-order chi connectivity index (χ0) is 13.1. The van der Waals surface area contributed by atoms with Crippen molar-refractivity contribution in [2.45, 2.75) is 44.9 Å². The first kappa shape index (κ1) is 11.3. The monoisotopic (exact) mass is 257 g/mol. The van der Waals surface area contributed by atoms with Crippen molar-refractivity contribution in [1.82, 2.24) is 14.8 Å². The quantitative estimate of drug-likeness (QED) is 0.852. The minimum absolute atomic E-state index is 0.0967. The number of rotatable bonds is 1. The van der Waals surface area contributed by atoms with E-state index in [2.05, 4.69) is 17.0 Å². The lowest BCUT2D eigenvalue weighted by Crippen LogP contribution is -2.23. The number of fused-ring (bicyclic) bond motifs is 3. The van der Waals surface area contributed by atoms with Gasteiger partial charge in [0.25, 0.3) is 5.56 Å². The predicted molar refractivity (Wildman–Crippen MR) is 74.5 cm³/mol. The highest BCUT2D eigenvalue weighted by molar-refractivity contribution is 5.84. The smallest absolute Gasteiger partial charge is 0.253 e. The zero-order valence-electron chi connectivity index (χ0n) is 11.5. The number of aromatic nitrogens is 3. The standard InChI is InChI=1S/C15H19N3O/c1-8-3-6-10-11(7-8)15(19)16-14-12(10)13(9-4-5-9)17-18(14)2/h8-9H,3-7H2,1-2H3,(H,16,19). The first-order valence-electron chi connectivity index (χ1n) is 7.25. The molecule has 2 aromatic rings. The number of hydrogen-bond acceptors (Lipinski definition) is 2. The molecule has 0 radical (unpaired) electrons. The van der Waals surface area contributed by atoms with Crippen molar-refractivity contribution in [1.29, 1.82) is 0 Å². The van der Waals surface area contributed by atoms with Crippen LogP contribution in [0.15, 0.2) is 4.79 Å². The summed E-state index contributed by atoms with van der Waals surface area (Å²) in [5.41, 5.74) is 4.53. The molecule has 4 nitrogen and oxygen atoms in total. The van der Waals surface area contributed by atoms with E-state index in [9.17, 15) is 4.79 Å². The van der Waals surface area contributed by atoms with Crippen LogP contribution in [0.2, 0.25) is 0 Å². The third-order valence-electron chi connectivity index (χ3n) is 4.65. The second-order valence-electron chi connectivity index (χ2n) is 6.27. The van der Waals surface area contributed by atoms with E-state index < -0.39 is 0 Å². The van der Waals surface area contributed by atoms with Gasteiger partial charge in [-0.3, -0.25) is 9.48 Å². The lowest BCUT2D eigenvalue weighted by atomic mass is 9.84. The highest BCUT2D eigenvalue weighted by Crippen LogP contribution is 2.43. The maximum absolute atomic E-state index is 12.3. The summed E-state index contributed by atoms with van der Waals surface area (Å²) in [6.45, 7) is 2.23. The van der Waals surface area contributed by atoms with Gasteiger partial charge < -0.3 is 4.98 Å². The van der Waals surface area contributed by atoms with Crippen LogP contribution in [0.25, 0.3) is 11.0 Å². The van der Waals surface area contributed by atoms with Crippen LogP contribution in [-0.4, -0.2) is 14.8 Å². The van der Waals surface area contributed by atoms with Gasteiger partial charge in [0.1, 0.15) is 5.65 Å². The Hall–Kier alpha value is -1.58. The third-order valence-corrected chi connectivity index (χ3v) is 4.65. The topological polar surface area (TPSA) is 50.7 Å². The summed E-state index contributed by atoms with van der Waals surface area (Å²) in [6, 6.07) is 0. The molecule has 19 heavy (non-hydrogen) atoms. The van der Waals surface area contributed by atoms with Gasteiger partial charge in [0.05, 0.1) is 5.69 Å². The van der Waals surface area contributed by atoms with Gasteiger partial charge in [0.15, 0.2) is 0 Å². The van der Waals surface area contributed by atoms with E-state index in [0.29, 0.717) is 11.8 Å². The van der Waals surface area contributed by atoms with Crippen LogP contribution in [0.4, 0.5) is 0 Å². The summed E-state index contributed by atoms with van der Waals surface area (Å²) in [7, 11) is 1.93. The number of aromatic amines is 1. The number of nitrogens with zero attached hydrogens (tertiary/aromatic N) is 2. The van der Waals surface area contributed by atoms with E-state index in [1.807, 2.05) is 11.7 Å². The van der Waals surface area contributed by atoms with Crippen molar-refractivity contribution < 1.29 is 0 Å². The van der Waals surface area contributed by atoms with Gasteiger partial charge in [-0.15, -0.1) is 0 Å². The van der Waals surface area contributed by atoms with E-state index in [1.54, 1.807) is 0 Å². The van der Waals surface area contributed by atoms with Crippen molar-refractivity contribution in [3.05, 3.63) is 27.2 Å². The van der Waals surface area contributed by atoms with Gasteiger partial charge >= 0.3 is 0 Å². The van der Waals surface area contributed by atoms with Crippen molar-refractivity contribution in [2.24, 2.45) is 13.0 Å². The van der Waals surface area contributed by atoms with E-state index in [0.717, 1.165) is 24.1 Å². The SMILES string of the molecule is CC1CCc2c(c(=O)[nH]c3c2c(C2CC2)nn3C)C1. The van der Waals surface area contributed by atoms with Crippen molar-refractivity contribution in [3.8, 4) is 0 Å². The van der Waals surface area contributed by atoms with E-state index in [4.69, 9.17) is 0 Å². The van der Waals surface area contributed by atoms with Gasteiger partial charge in [-0.2, -0.15) is 5.10 Å². The minimum Gasteiger partial charge on any atom is -0.307 e. The lowest BCUT2D eigenvalue weighted by Gasteiger charge is -2.21. The Bertz CT molecular complexity index is 721. The molecule has 2 aliphatic carbocycles. The highest BCUT2D eigenvalue weighted by atomic mass is 16.1. The largest absolute Gasteiger partial charge is 0.307 e. The summed E-state index contributed by atoms with van der Waals surface area (Å²) in [5, 5.41) is 5.92. The average molecular weight is 257 g/mol. The fraction of sp³-hybridized carbons (Fsp3) is 0.600. The Balaban J connectivity index is 2.07. The Labute approximate surface area is 111 Å². The molecule has 100 valence electrons. The molecule has 1 unspecified atom stereocenters. The third kappa shape index (κ3) is 1.58. The van der Waals surface area contributed by atoms with Crippen molar-refractivity contribution >= 4 is 11.0 Å². The normalized spacial score (nSPS) is 22.7. The fourth-order valence-corrected chi connectivity index (χ4v) is 3.43. The molecule has 0 spiro atoms. The maximum atomic E-state index is 12.3. The summed E-state index contributed by atoms with van der Waals surface area (Å²) in [4.78, 5) is 15.3. The number of aryl methyl sites for hydroxylation is 2. The molecule has 4 heteroatoms. The van der Waals surface area contributed by atoms with E-state index >= 15 is 0 Å². The summed E-state index contributed by atoms with van der Waals surface area (Å²) in [6.07, 6.45) is 5.62. The van der Waals surface area contributed by atoms with Crippen molar-refractivity contribution in [3.63, 3.8) is 0 Å². The van der Waals surface area contributed by atoms with Crippen LogP contribution >= 0.6 is 0 Å². The Morgan fingerprint density at radius 2 is 2.05 bits per heavy atom. The van der Waals surface area contributed by atoms with Crippen LogP contribution in [0, 0.1) is 5.92 Å². The highest BCUT2D eigenvalue weighted by Gasteiger charge is 2.32. The molecular weight excluding hydrogens is 238 g/mol. The van der Waals surface area contributed by atoms with Gasteiger partial charge in [-0.05, 0) is 43.6 Å². The zero-order valence-corrected chi connectivity index (χ0v) is 11.5. The van der Waals surface area contributed by atoms with Gasteiger partial charge in [0.2, 0.25) is 0 Å². The first-order valence-corrected chi connectivity index (χ1v) is 7.25. The molecule has 1 fully saturated rings. The van der Waals surface area contributed by atoms with E-state index in [-0.39, 0.29) is 5.56 Å². The first-order chi connectivity index (χ1) is 9.15. The predicted octanol–water partition coefficient (Wildman–Crippen LogP) is 2.26. The summed E-state index contributed by atoms with van der Waals surface area (Å²) in [5.74, 6) is 1.24. The second-order valence-corrected chi connectivity index (χ2v) is 6.27. The number of pyridine rings is 1. The minimum atomic E-state index is 0.0967. The van der Waals surface area contributed by atoms with Crippen LogP contribution in [0.1, 0.15) is 48.9 Å². The summed E-state index contributed by atoms with van der Waals surface area (Å²) >= 11 is 0. The maximum Gasteiger partial charge on any atom is 0.253 e. The van der Waals surface area contributed by atoms with Gasteiger partial charge in [-0.25, -0.2) is 0 Å². The van der Waals surface area contributed by atoms with Gasteiger partial charge in [0, 0.05) is 23.9 Å².